The highest BCUT2D eigenvalue weighted by atomic mass is 16.5. The second-order valence-electron chi connectivity index (χ2n) is 7.31. The summed E-state index contributed by atoms with van der Waals surface area (Å²) in [5, 5.41) is 13.7. The Kier molecular flexibility index (Phi) is 6.48. The molecular formula is C20H29NO4. The van der Waals surface area contributed by atoms with E-state index in [1.165, 1.54) is 0 Å². The Bertz CT molecular complexity index is 699. The first-order valence-corrected chi connectivity index (χ1v) is 8.84. The summed E-state index contributed by atoms with van der Waals surface area (Å²) < 4.78 is 10.8. The zero-order chi connectivity index (χ0) is 18.4. The fraction of sp³-hybridized carbons (Fsp3) is 0.550. The molecule has 0 bridgehead atoms. The maximum absolute atomic E-state index is 12.1. The molecule has 1 amide bonds. The number of rotatable bonds is 9. The van der Waals surface area contributed by atoms with E-state index in [-0.39, 0.29) is 11.9 Å². The minimum absolute atomic E-state index is 0.0435. The van der Waals surface area contributed by atoms with Gasteiger partial charge in [0.25, 0.3) is 0 Å². The van der Waals surface area contributed by atoms with E-state index in [9.17, 15) is 9.90 Å². The molecule has 2 N–H and O–H groups in total. The van der Waals surface area contributed by atoms with E-state index >= 15 is 0 Å². The highest BCUT2D eigenvalue weighted by Crippen LogP contribution is 2.28. The molecule has 1 heterocycles. The summed E-state index contributed by atoms with van der Waals surface area (Å²) in [5.74, 6) is 0.736. The van der Waals surface area contributed by atoms with Crippen LogP contribution in [0.5, 0.6) is 5.75 Å². The minimum Gasteiger partial charge on any atom is -0.493 e. The monoisotopic (exact) mass is 347 g/mol. The second-order valence-corrected chi connectivity index (χ2v) is 7.31. The molecule has 1 aromatic heterocycles. The number of methoxy groups -OCH3 is 1. The zero-order valence-corrected chi connectivity index (χ0v) is 15.6. The van der Waals surface area contributed by atoms with E-state index < -0.39 is 5.60 Å². The van der Waals surface area contributed by atoms with Crippen molar-refractivity contribution in [1.82, 2.24) is 5.32 Å². The number of furan rings is 1. The SMILES string of the molecule is COc1cc(CCC(=O)NC(C)CCCC(C)(C)O)cc2ccoc12. The van der Waals surface area contributed by atoms with Gasteiger partial charge in [-0.3, -0.25) is 4.79 Å². The molecule has 0 aliphatic carbocycles. The molecule has 138 valence electrons. The lowest BCUT2D eigenvalue weighted by molar-refractivity contribution is -0.121. The van der Waals surface area contributed by atoms with Crippen LogP contribution in [0.2, 0.25) is 0 Å². The van der Waals surface area contributed by atoms with Crippen LogP contribution >= 0.6 is 0 Å². The highest BCUT2D eigenvalue weighted by molar-refractivity contribution is 5.84. The number of fused-ring (bicyclic) bond motifs is 1. The van der Waals surface area contributed by atoms with Crippen molar-refractivity contribution >= 4 is 16.9 Å². The van der Waals surface area contributed by atoms with Crippen molar-refractivity contribution in [3.8, 4) is 5.75 Å². The number of nitrogens with one attached hydrogen (secondary N) is 1. The average Bonchev–Trinajstić information content (AvgIpc) is 2.99. The summed E-state index contributed by atoms with van der Waals surface area (Å²) in [4.78, 5) is 12.1. The van der Waals surface area contributed by atoms with E-state index in [1.54, 1.807) is 27.2 Å². The summed E-state index contributed by atoms with van der Waals surface area (Å²) in [6, 6.07) is 5.96. The van der Waals surface area contributed by atoms with Crippen molar-refractivity contribution in [2.75, 3.05) is 7.11 Å². The molecule has 5 nitrogen and oxygen atoms in total. The van der Waals surface area contributed by atoms with E-state index in [4.69, 9.17) is 9.15 Å². The first-order valence-electron chi connectivity index (χ1n) is 8.84. The van der Waals surface area contributed by atoms with Crippen molar-refractivity contribution in [1.29, 1.82) is 0 Å². The Morgan fingerprint density at radius 1 is 1.40 bits per heavy atom. The smallest absolute Gasteiger partial charge is 0.220 e. The Morgan fingerprint density at radius 3 is 2.84 bits per heavy atom. The zero-order valence-electron chi connectivity index (χ0n) is 15.6. The van der Waals surface area contributed by atoms with Gasteiger partial charge in [0.1, 0.15) is 0 Å². The molecule has 1 unspecified atom stereocenters. The Hall–Kier alpha value is -2.01. The molecule has 2 aromatic rings. The van der Waals surface area contributed by atoms with Gasteiger partial charge in [-0.15, -0.1) is 0 Å². The number of carbonyl (C=O) groups excluding carboxylic acids is 1. The lowest BCUT2D eigenvalue weighted by Gasteiger charge is -2.19. The van der Waals surface area contributed by atoms with Crippen LogP contribution in [-0.4, -0.2) is 29.8 Å². The molecule has 1 aromatic carbocycles. The molecule has 5 heteroatoms. The van der Waals surface area contributed by atoms with Gasteiger partial charge in [0.05, 0.1) is 19.0 Å². The van der Waals surface area contributed by atoms with Crippen molar-refractivity contribution in [3.05, 3.63) is 30.0 Å². The van der Waals surface area contributed by atoms with Crippen LogP contribution in [0.3, 0.4) is 0 Å². The van der Waals surface area contributed by atoms with Crippen LogP contribution in [0.25, 0.3) is 11.0 Å². The maximum Gasteiger partial charge on any atom is 0.220 e. The number of benzene rings is 1. The number of hydrogen-bond acceptors (Lipinski definition) is 4. The average molecular weight is 347 g/mol. The third kappa shape index (κ3) is 6.09. The van der Waals surface area contributed by atoms with Crippen molar-refractivity contribution in [2.24, 2.45) is 0 Å². The summed E-state index contributed by atoms with van der Waals surface area (Å²) in [6.45, 7) is 5.62. The number of ether oxygens (including phenoxy) is 1. The Morgan fingerprint density at radius 2 is 2.16 bits per heavy atom. The van der Waals surface area contributed by atoms with Gasteiger partial charge in [-0.1, -0.05) is 0 Å². The van der Waals surface area contributed by atoms with Gasteiger partial charge >= 0.3 is 0 Å². The van der Waals surface area contributed by atoms with Gasteiger partial charge in [-0.2, -0.15) is 0 Å². The lowest BCUT2D eigenvalue weighted by Crippen LogP contribution is -2.33. The van der Waals surface area contributed by atoms with Crippen LogP contribution in [0.15, 0.2) is 28.9 Å². The second kappa shape index (κ2) is 8.39. The number of hydrogen-bond donors (Lipinski definition) is 2. The first kappa shape index (κ1) is 19.3. The Balaban J connectivity index is 1.81. The fourth-order valence-corrected chi connectivity index (χ4v) is 2.92. The molecule has 25 heavy (non-hydrogen) atoms. The summed E-state index contributed by atoms with van der Waals surface area (Å²) in [7, 11) is 1.61. The minimum atomic E-state index is -0.644. The fourth-order valence-electron chi connectivity index (χ4n) is 2.92. The van der Waals surface area contributed by atoms with E-state index in [0.29, 0.717) is 18.6 Å². The van der Waals surface area contributed by atoms with Gasteiger partial charge in [0.2, 0.25) is 5.91 Å². The molecule has 0 saturated heterocycles. The third-order valence-corrected chi connectivity index (χ3v) is 4.27. The third-order valence-electron chi connectivity index (χ3n) is 4.27. The molecule has 0 aliphatic heterocycles. The predicted octanol–water partition coefficient (Wildman–Crippen LogP) is 3.82. The molecule has 1 atom stereocenters. The van der Waals surface area contributed by atoms with Gasteiger partial charge in [0, 0.05) is 17.8 Å². The first-order chi connectivity index (χ1) is 11.8. The van der Waals surface area contributed by atoms with Gasteiger partial charge in [-0.25, -0.2) is 0 Å². The van der Waals surface area contributed by atoms with Crippen LogP contribution in [0.1, 0.15) is 52.0 Å². The molecular weight excluding hydrogens is 318 g/mol. The van der Waals surface area contributed by atoms with E-state index in [1.807, 2.05) is 25.1 Å². The molecule has 0 fully saturated rings. The van der Waals surface area contributed by atoms with E-state index in [2.05, 4.69) is 5.32 Å². The van der Waals surface area contributed by atoms with Crippen LogP contribution in [0.4, 0.5) is 0 Å². The molecule has 0 aliphatic rings. The quantitative estimate of drug-likeness (QED) is 0.723. The van der Waals surface area contributed by atoms with Crippen LogP contribution in [0, 0.1) is 0 Å². The van der Waals surface area contributed by atoms with Crippen molar-refractivity contribution in [2.45, 2.75) is 64.5 Å². The molecule has 2 rings (SSSR count). The number of carbonyl (C=O) groups is 1. The van der Waals surface area contributed by atoms with Crippen LogP contribution < -0.4 is 10.1 Å². The van der Waals surface area contributed by atoms with Gasteiger partial charge in [-0.05, 0) is 70.2 Å². The highest BCUT2D eigenvalue weighted by Gasteiger charge is 2.14. The normalized spacial score (nSPS) is 13.0. The van der Waals surface area contributed by atoms with Crippen molar-refractivity contribution in [3.63, 3.8) is 0 Å². The van der Waals surface area contributed by atoms with Crippen LogP contribution in [-0.2, 0) is 11.2 Å². The van der Waals surface area contributed by atoms with Gasteiger partial charge in [0.15, 0.2) is 11.3 Å². The molecule has 0 spiro atoms. The topological polar surface area (TPSA) is 71.7 Å². The van der Waals surface area contributed by atoms with Gasteiger partial charge < -0.3 is 19.6 Å². The maximum atomic E-state index is 12.1. The standard InChI is InChI=1S/C20H29NO4/c1-14(6-5-10-20(2,3)23)21-18(22)8-7-15-12-16-9-11-25-19(16)17(13-15)24-4/h9,11-14,23H,5-8,10H2,1-4H3,(H,21,22). The van der Waals surface area contributed by atoms with E-state index in [0.717, 1.165) is 35.8 Å². The Labute approximate surface area is 149 Å². The number of aryl methyl sites for hydroxylation is 1. The van der Waals surface area contributed by atoms with Crippen molar-refractivity contribution < 1.29 is 19.1 Å². The predicted molar refractivity (Wildman–Crippen MR) is 98.8 cm³/mol. The lowest BCUT2D eigenvalue weighted by atomic mass is 9.99. The number of aliphatic hydroxyl groups is 1. The number of amides is 1. The summed E-state index contributed by atoms with van der Waals surface area (Å²) >= 11 is 0. The summed E-state index contributed by atoms with van der Waals surface area (Å²) in [6.07, 6.45) is 5.21. The largest absolute Gasteiger partial charge is 0.493 e. The molecule has 0 saturated carbocycles. The molecule has 0 radical (unpaired) electrons. The summed E-state index contributed by atoms with van der Waals surface area (Å²) in [5.41, 5.74) is 1.14.